The molecule has 0 aliphatic carbocycles. The standard InChI is InChI=1S/C12H14N2O4/c1-18-7-2-6-3-10(15)14-12(6)8(4-7)9(13)5-11(16)17/h2,4,9H,3,5,13H2,1H3,(H,14,15)(H,16,17). The van der Waals surface area contributed by atoms with Crippen molar-refractivity contribution in [1.82, 2.24) is 0 Å². The zero-order chi connectivity index (χ0) is 13.3. The molecule has 96 valence electrons. The number of hydrogen-bond acceptors (Lipinski definition) is 4. The van der Waals surface area contributed by atoms with Crippen LogP contribution in [-0.2, 0) is 16.0 Å². The van der Waals surface area contributed by atoms with Crippen LogP contribution in [0.25, 0.3) is 0 Å². The van der Waals surface area contributed by atoms with Gasteiger partial charge in [-0.25, -0.2) is 0 Å². The van der Waals surface area contributed by atoms with Gasteiger partial charge in [0.25, 0.3) is 0 Å². The van der Waals surface area contributed by atoms with E-state index >= 15 is 0 Å². The van der Waals surface area contributed by atoms with Gasteiger partial charge in [0.1, 0.15) is 5.75 Å². The molecule has 1 aliphatic rings. The van der Waals surface area contributed by atoms with E-state index in [1.165, 1.54) is 7.11 Å². The van der Waals surface area contributed by atoms with Crippen LogP contribution in [0.3, 0.4) is 0 Å². The number of methoxy groups -OCH3 is 1. The average molecular weight is 250 g/mol. The maximum Gasteiger partial charge on any atom is 0.305 e. The van der Waals surface area contributed by atoms with Crippen molar-refractivity contribution in [3.05, 3.63) is 23.3 Å². The van der Waals surface area contributed by atoms with Crippen LogP contribution in [-0.4, -0.2) is 24.1 Å². The molecule has 0 aromatic heterocycles. The maximum atomic E-state index is 11.4. The van der Waals surface area contributed by atoms with Crippen molar-refractivity contribution in [3.63, 3.8) is 0 Å². The molecule has 0 bridgehead atoms. The van der Waals surface area contributed by atoms with Gasteiger partial charge in [-0.2, -0.15) is 0 Å². The minimum atomic E-state index is -0.983. The molecular weight excluding hydrogens is 236 g/mol. The van der Waals surface area contributed by atoms with Gasteiger partial charge < -0.3 is 20.9 Å². The van der Waals surface area contributed by atoms with E-state index in [2.05, 4.69) is 5.32 Å². The van der Waals surface area contributed by atoms with Gasteiger partial charge in [-0.1, -0.05) is 0 Å². The van der Waals surface area contributed by atoms with Crippen molar-refractivity contribution in [2.45, 2.75) is 18.9 Å². The molecule has 1 aromatic rings. The minimum absolute atomic E-state index is 0.123. The average Bonchev–Trinajstić information content (AvgIpc) is 2.66. The number of amides is 1. The highest BCUT2D eigenvalue weighted by molar-refractivity contribution is 6.00. The first-order valence-electron chi connectivity index (χ1n) is 5.49. The van der Waals surface area contributed by atoms with E-state index in [1.54, 1.807) is 12.1 Å². The number of carbonyl (C=O) groups is 2. The van der Waals surface area contributed by atoms with Gasteiger partial charge in [0.15, 0.2) is 0 Å². The van der Waals surface area contributed by atoms with Crippen molar-refractivity contribution in [1.29, 1.82) is 0 Å². The van der Waals surface area contributed by atoms with Crippen LogP contribution in [0.1, 0.15) is 23.6 Å². The summed E-state index contributed by atoms with van der Waals surface area (Å²) in [6.45, 7) is 0. The third kappa shape index (κ3) is 2.28. The summed E-state index contributed by atoms with van der Waals surface area (Å²) >= 11 is 0. The van der Waals surface area contributed by atoms with Gasteiger partial charge in [0.2, 0.25) is 5.91 Å². The first kappa shape index (κ1) is 12.4. The number of nitrogens with one attached hydrogen (secondary N) is 1. The molecular formula is C12H14N2O4. The predicted molar refractivity (Wildman–Crippen MR) is 64.5 cm³/mol. The Hall–Kier alpha value is -2.08. The second-order valence-electron chi connectivity index (χ2n) is 4.18. The Balaban J connectivity index is 2.43. The summed E-state index contributed by atoms with van der Waals surface area (Å²) in [6, 6.07) is 2.74. The number of fused-ring (bicyclic) bond motifs is 1. The first-order valence-corrected chi connectivity index (χ1v) is 5.49. The number of carboxylic acids is 1. The van der Waals surface area contributed by atoms with Gasteiger partial charge in [-0.05, 0) is 23.3 Å². The molecule has 1 heterocycles. The number of ether oxygens (including phenoxy) is 1. The van der Waals surface area contributed by atoms with Crippen LogP contribution in [0.5, 0.6) is 5.75 Å². The largest absolute Gasteiger partial charge is 0.497 e. The van der Waals surface area contributed by atoms with E-state index in [0.717, 1.165) is 5.56 Å². The zero-order valence-electron chi connectivity index (χ0n) is 9.90. The summed E-state index contributed by atoms with van der Waals surface area (Å²) in [5.74, 6) is -0.536. The number of benzene rings is 1. The third-order valence-corrected chi connectivity index (χ3v) is 2.87. The highest BCUT2D eigenvalue weighted by Gasteiger charge is 2.25. The normalized spacial score (nSPS) is 14.9. The molecule has 0 fully saturated rings. The predicted octanol–water partition coefficient (Wildman–Crippen LogP) is 0.664. The Morgan fingerprint density at radius 3 is 2.94 bits per heavy atom. The molecule has 6 nitrogen and oxygen atoms in total. The Kier molecular flexibility index (Phi) is 3.20. The van der Waals surface area contributed by atoms with Gasteiger partial charge in [0.05, 0.1) is 20.0 Å². The van der Waals surface area contributed by atoms with Crippen LogP contribution in [0, 0.1) is 0 Å². The van der Waals surface area contributed by atoms with Crippen molar-refractivity contribution in [2.75, 3.05) is 12.4 Å². The molecule has 0 radical (unpaired) electrons. The molecule has 1 aliphatic heterocycles. The zero-order valence-corrected chi connectivity index (χ0v) is 9.90. The summed E-state index contributed by atoms with van der Waals surface area (Å²) in [4.78, 5) is 22.1. The highest BCUT2D eigenvalue weighted by atomic mass is 16.5. The quantitative estimate of drug-likeness (QED) is 0.728. The van der Waals surface area contributed by atoms with Gasteiger partial charge in [-0.3, -0.25) is 9.59 Å². The SMILES string of the molecule is COc1cc2c(c(C(N)CC(=O)O)c1)NC(=O)C2. The molecule has 2 rings (SSSR count). The molecule has 0 spiro atoms. The van der Waals surface area contributed by atoms with Crippen LogP contribution in [0.4, 0.5) is 5.69 Å². The van der Waals surface area contributed by atoms with Crippen LogP contribution in [0.2, 0.25) is 0 Å². The van der Waals surface area contributed by atoms with Crippen molar-refractivity contribution >= 4 is 17.6 Å². The van der Waals surface area contributed by atoms with Crippen LogP contribution < -0.4 is 15.8 Å². The molecule has 6 heteroatoms. The monoisotopic (exact) mass is 250 g/mol. The number of aliphatic carboxylic acids is 1. The molecule has 4 N–H and O–H groups in total. The molecule has 1 unspecified atom stereocenters. The molecule has 1 atom stereocenters. The third-order valence-electron chi connectivity index (χ3n) is 2.87. The number of hydrogen-bond donors (Lipinski definition) is 3. The number of carboxylic acid groups (broad SMARTS) is 1. The lowest BCUT2D eigenvalue weighted by atomic mass is 9.99. The summed E-state index contributed by atoms with van der Waals surface area (Å²) in [7, 11) is 1.51. The smallest absolute Gasteiger partial charge is 0.305 e. The minimum Gasteiger partial charge on any atom is -0.497 e. The fraction of sp³-hybridized carbons (Fsp3) is 0.333. The van der Waals surface area contributed by atoms with Crippen molar-refractivity contribution < 1.29 is 19.4 Å². The summed E-state index contributed by atoms with van der Waals surface area (Å²) in [6.07, 6.45) is 0.0643. The number of anilines is 1. The van der Waals surface area contributed by atoms with E-state index in [4.69, 9.17) is 15.6 Å². The molecule has 1 amide bonds. The molecule has 18 heavy (non-hydrogen) atoms. The Morgan fingerprint density at radius 1 is 1.61 bits per heavy atom. The maximum absolute atomic E-state index is 11.4. The van der Waals surface area contributed by atoms with Gasteiger partial charge >= 0.3 is 5.97 Å². The Labute approximate surface area is 104 Å². The Bertz CT molecular complexity index is 513. The van der Waals surface area contributed by atoms with Crippen molar-refractivity contribution in [2.24, 2.45) is 5.73 Å². The van der Waals surface area contributed by atoms with E-state index < -0.39 is 12.0 Å². The lowest BCUT2D eigenvalue weighted by Crippen LogP contribution is -2.17. The fourth-order valence-corrected chi connectivity index (χ4v) is 2.05. The van der Waals surface area contributed by atoms with E-state index in [9.17, 15) is 9.59 Å². The molecule has 0 saturated carbocycles. The molecule has 1 aromatic carbocycles. The summed E-state index contributed by atoms with van der Waals surface area (Å²) in [5, 5.41) is 11.5. The van der Waals surface area contributed by atoms with Crippen LogP contribution >= 0.6 is 0 Å². The van der Waals surface area contributed by atoms with Gasteiger partial charge in [-0.15, -0.1) is 0 Å². The number of rotatable bonds is 4. The first-order chi connectivity index (χ1) is 8.51. The molecule has 0 saturated heterocycles. The number of carbonyl (C=O) groups excluding carboxylic acids is 1. The second kappa shape index (κ2) is 4.66. The number of nitrogens with two attached hydrogens (primary N) is 1. The lowest BCUT2D eigenvalue weighted by molar-refractivity contribution is -0.137. The summed E-state index contributed by atoms with van der Waals surface area (Å²) in [5.41, 5.74) is 7.85. The summed E-state index contributed by atoms with van der Waals surface area (Å²) < 4.78 is 5.13. The topological polar surface area (TPSA) is 102 Å². The lowest BCUT2D eigenvalue weighted by Gasteiger charge is -2.15. The van der Waals surface area contributed by atoms with Crippen molar-refractivity contribution in [3.8, 4) is 5.75 Å². The van der Waals surface area contributed by atoms with E-state index in [0.29, 0.717) is 17.0 Å². The van der Waals surface area contributed by atoms with Crippen LogP contribution in [0.15, 0.2) is 12.1 Å². The fourth-order valence-electron chi connectivity index (χ4n) is 2.05. The van der Waals surface area contributed by atoms with Gasteiger partial charge in [0, 0.05) is 11.7 Å². The second-order valence-corrected chi connectivity index (χ2v) is 4.18. The Morgan fingerprint density at radius 2 is 2.33 bits per heavy atom. The highest BCUT2D eigenvalue weighted by Crippen LogP contribution is 2.35. The van der Waals surface area contributed by atoms with E-state index in [-0.39, 0.29) is 18.7 Å². The van der Waals surface area contributed by atoms with E-state index in [1.807, 2.05) is 0 Å².